The molecule has 1 saturated heterocycles. The fourth-order valence-corrected chi connectivity index (χ4v) is 6.27. The van der Waals surface area contributed by atoms with Crippen molar-refractivity contribution in [2.75, 3.05) is 51.3 Å². The number of hydrogen-bond donors (Lipinski definition) is 2. The summed E-state index contributed by atoms with van der Waals surface area (Å²) in [5, 5.41) is 15.2. The van der Waals surface area contributed by atoms with E-state index in [0.29, 0.717) is 24.9 Å². The normalized spacial score (nSPS) is 18.7. The number of hydrogen-bond acceptors (Lipinski definition) is 10. The van der Waals surface area contributed by atoms with Crippen LogP contribution >= 0.6 is 0 Å². The number of pyridine rings is 1. The number of rotatable bonds is 11. The Morgan fingerprint density at radius 1 is 0.959 bits per heavy atom. The molecule has 0 spiro atoms. The number of aromatic nitrogens is 5. The van der Waals surface area contributed by atoms with Crippen LogP contribution in [0.5, 0.6) is 5.75 Å². The summed E-state index contributed by atoms with van der Waals surface area (Å²) in [5.41, 5.74) is 3.49. The van der Waals surface area contributed by atoms with Crippen molar-refractivity contribution in [2.45, 2.75) is 84.0 Å². The van der Waals surface area contributed by atoms with Crippen molar-refractivity contribution in [3.8, 4) is 5.75 Å². The molecule has 0 unspecified atom stereocenters. The summed E-state index contributed by atoms with van der Waals surface area (Å²) >= 11 is 0. The number of carbonyl (C=O) groups excluding carboxylic acids is 1. The summed E-state index contributed by atoms with van der Waals surface area (Å²) in [7, 11) is 0. The van der Waals surface area contributed by atoms with Crippen molar-refractivity contribution in [1.29, 1.82) is 0 Å². The number of ether oxygens (including phenoxy) is 3. The first-order valence-corrected chi connectivity index (χ1v) is 17.3. The number of benzene rings is 1. The van der Waals surface area contributed by atoms with E-state index in [1.54, 1.807) is 0 Å². The monoisotopic (exact) mass is 670 g/mol. The highest BCUT2D eigenvalue weighted by Gasteiger charge is 2.30. The largest absolute Gasteiger partial charge is 0.484 e. The summed E-state index contributed by atoms with van der Waals surface area (Å²) in [4.78, 5) is 25.1. The second-order valence-electron chi connectivity index (χ2n) is 15.0. The molecule has 49 heavy (non-hydrogen) atoms. The van der Waals surface area contributed by atoms with E-state index in [-0.39, 0.29) is 35.4 Å². The zero-order valence-corrected chi connectivity index (χ0v) is 29.7. The van der Waals surface area contributed by atoms with Gasteiger partial charge in [0.05, 0.1) is 44.3 Å². The maximum atomic E-state index is 13.3. The molecule has 2 N–H and O–H groups in total. The van der Waals surface area contributed by atoms with Gasteiger partial charge in [0.1, 0.15) is 30.1 Å². The Hall–Kier alpha value is -4.13. The Morgan fingerprint density at radius 2 is 1.73 bits per heavy atom. The predicted octanol–water partition coefficient (Wildman–Crippen LogP) is 5.15. The molecule has 6 rings (SSSR count). The van der Waals surface area contributed by atoms with Crippen LogP contribution in [0.3, 0.4) is 0 Å². The Bertz CT molecular complexity index is 1740. The van der Waals surface area contributed by atoms with Crippen LogP contribution in [-0.4, -0.2) is 81.4 Å². The van der Waals surface area contributed by atoms with Crippen molar-refractivity contribution in [3.63, 3.8) is 0 Å². The number of amides is 1. The lowest BCUT2D eigenvalue weighted by Gasteiger charge is -2.32. The van der Waals surface area contributed by atoms with Gasteiger partial charge in [0, 0.05) is 36.5 Å². The number of nitrogens with zero attached hydrogens (tertiary/aromatic N) is 6. The van der Waals surface area contributed by atoms with E-state index in [9.17, 15) is 4.79 Å². The van der Waals surface area contributed by atoms with Gasteiger partial charge in [0.25, 0.3) is 0 Å². The molecule has 0 saturated carbocycles. The SMILES string of the molecule is CC(C)(C)c1cc(NCC(=O)N[C@H]2CC[C@@H](Oc3ccc4nnc(C(C)(C)C)n4c3)c3ccccc32)nc(COCCN2CCOCC2)n1. The molecule has 0 bridgehead atoms. The quantitative estimate of drug-likeness (QED) is 0.207. The average Bonchev–Trinajstić information content (AvgIpc) is 3.51. The van der Waals surface area contributed by atoms with Gasteiger partial charge in [0.2, 0.25) is 5.91 Å². The van der Waals surface area contributed by atoms with Crippen molar-refractivity contribution in [1.82, 2.24) is 34.8 Å². The highest BCUT2D eigenvalue weighted by molar-refractivity contribution is 5.81. The van der Waals surface area contributed by atoms with Crippen molar-refractivity contribution < 1.29 is 19.0 Å². The fourth-order valence-electron chi connectivity index (χ4n) is 6.27. The van der Waals surface area contributed by atoms with E-state index < -0.39 is 0 Å². The van der Waals surface area contributed by atoms with Crippen LogP contribution in [0.4, 0.5) is 5.82 Å². The summed E-state index contributed by atoms with van der Waals surface area (Å²) in [5.74, 6) is 2.74. The van der Waals surface area contributed by atoms with Crippen molar-refractivity contribution in [2.24, 2.45) is 0 Å². The lowest BCUT2D eigenvalue weighted by atomic mass is 9.85. The third kappa shape index (κ3) is 8.73. The number of anilines is 1. The van der Waals surface area contributed by atoms with Crippen LogP contribution in [0.1, 0.15) is 95.0 Å². The molecule has 0 radical (unpaired) electrons. The molecular formula is C37H50N8O4. The van der Waals surface area contributed by atoms with Crippen molar-refractivity contribution >= 4 is 17.4 Å². The van der Waals surface area contributed by atoms with Gasteiger partial charge in [-0.25, -0.2) is 9.97 Å². The van der Waals surface area contributed by atoms with Gasteiger partial charge in [0.15, 0.2) is 11.5 Å². The molecule has 1 fully saturated rings. The summed E-state index contributed by atoms with van der Waals surface area (Å²) in [6.45, 7) is 17.9. The van der Waals surface area contributed by atoms with E-state index in [1.807, 2.05) is 40.9 Å². The van der Waals surface area contributed by atoms with Gasteiger partial charge in [-0.2, -0.15) is 0 Å². The molecule has 1 aromatic carbocycles. The second kappa shape index (κ2) is 14.8. The molecule has 4 aromatic rings. The van der Waals surface area contributed by atoms with E-state index >= 15 is 0 Å². The molecule has 4 heterocycles. The third-order valence-electron chi connectivity index (χ3n) is 8.95. The van der Waals surface area contributed by atoms with E-state index in [1.165, 1.54) is 0 Å². The topological polar surface area (TPSA) is 128 Å². The van der Waals surface area contributed by atoms with Gasteiger partial charge in [-0.15, -0.1) is 10.2 Å². The second-order valence-corrected chi connectivity index (χ2v) is 15.0. The van der Waals surface area contributed by atoms with Gasteiger partial charge in [-0.3, -0.25) is 14.1 Å². The van der Waals surface area contributed by atoms with Crippen LogP contribution < -0.4 is 15.4 Å². The molecule has 12 heteroatoms. The average molecular weight is 671 g/mol. The first-order chi connectivity index (χ1) is 23.4. The van der Waals surface area contributed by atoms with Crippen LogP contribution in [0.2, 0.25) is 0 Å². The lowest BCUT2D eigenvalue weighted by Crippen LogP contribution is -2.38. The van der Waals surface area contributed by atoms with E-state index in [2.05, 4.69) is 84.4 Å². The fraction of sp³-hybridized carbons (Fsp3) is 0.541. The first kappa shape index (κ1) is 34.7. The smallest absolute Gasteiger partial charge is 0.239 e. The highest BCUT2D eigenvalue weighted by Crippen LogP contribution is 2.39. The number of fused-ring (bicyclic) bond motifs is 2. The molecule has 262 valence electrons. The van der Waals surface area contributed by atoms with Crippen LogP contribution in [0, 0.1) is 0 Å². The molecule has 2 aliphatic rings. The molecule has 2 atom stereocenters. The van der Waals surface area contributed by atoms with Crippen LogP contribution in [0.25, 0.3) is 5.65 Å². The summed E-state index contributed by atoms with van der Waals surface area (Å²) < 4.78 is 20.0. The zero-order valence-electron chi connectivity index (χ0n) is 29.7. The Kier molecular flexibility index (Phi) is 10.5. The lowest BCUT2D eigenvalue weighted by molar-refractivity contribution is -0.120. The van der Waals surface area contributed by atoms with E-state index in [0.717, 1.165) is 79.7 Å². The zero-order chi connectivity index (χ0) is 34.6. The van der Waals surface area contributed by atoms with Crippen molar-refractivity contribution in [3.05, 3.63) is 77.1 Å². The van der Waals surface area contributed by atoms with Crippen LogP contribution in [-0.2, 0) is 31.7 Å². The summed E-state index contributed by atoms with van der Waals surface area (Å²) in [6, 6.07) is 13.9. The highest BCUT2D eigenvalue weighted by atomic mass is 16.5. The molecule has 1 amide bonds. The molecule has 12 nitrogen and oxygen atoms in total. The molecular weight excluding hydrogens is 620 g/mol. The minimum absolute atomic E-state index is 0.0889. The Balaban J connectivity index is 1.07. The van der Waals surface area contributed by atoms with Gasteiger partial charge in [-0.1, -0.05) is 65.8 Å². The maximum Gasteiger partial charge on any atom is 0.239 e. The van der Waals surface area contributed by atoms with Crippen LogP contribution in [0.15, 0.2) is 48.7 Å². The Morgan fingerprint density at radius 3 is 2.49 bits per heavy atom. The van der Waals surface area contributed by atoms with Gasteiger partial charge < -0.3 is 24.8 Å². The Labute approximate surface area is 289 Å². The standard InChI is InChI=1S/C37H50N8O4/c1-36(2,3)30-21-31(41-32(40-30)24-48-20-17-44-15-18-47-19-16-44)38-22-34(46)39-28-12-13-29(27-10-8-7-9-26(27)28)49-25-11-14-33-42-43-35(37(4,5)6)45(33)23-25/h7-11,14,21,23,28-29H,12-13,15-20,22,24H2,1-6H3,(H,39,46)(H,38,40,41)/t28-,29+/m0/s1. The first-order valence-electron chi connectivity index (χ1n) is 17.3. The predicted molar refractivity (Wildman–Crippen MR) is 188 cm³/mol. The van der Waals surface area contributed by atoms with Gasteiger partial charge >= 0.3 is 0 Å². The third-order valence-corrected chi connectivity index (χ3v) is 8.95. The minimum atomic E-state index is -0.190. The number of carbonyl (C=O) groups is 1. The van der Waals surface area contributed by atoms with E-state index in [4.69, 9.17) is 19.2 Å². The molecule has 3 aromatic heterocycles. The minimum Gasteiger partial charge on any atom is -0.484 e. The number of nitrogens with one attached hydrogen (secondary N) is 2. The van der Waals surface area contributed by atoms with Gasteiger partial charge in [-0.05, 0) is 36.1 Å². The summed E-state index contributed by atoms with van der Waals surface area (Å²) in [6.07, 6.45) is 3.35. The maximum absolute atomic E-state index is 13.3. The molecule has 1 aliphatic carbocycles. The molecule has 1 aliphatic heterocycles. The number of morpholine rings is 1.